The first-order valence-electron chi connectivity index (χ1n) is 12.2. The number of nitrogens with zero attached hydrogens (tertiary/aromatic N) is 1. The highest BCUT2D eigenvalue weighted by Gasteiger charge is 2.29. The molecule has 8 nitrogen and oxygen atoms in total. The highest BCUT2D eigenvalue weighted by molar-refractivity contribution is 7.52. The molecule has 0 radical (unpaired) electrons. The lowest BCUT2D eigenvalue weighted by molar-refractivity contribution is 0.102. The van der Waals surface area contributed by atoms with E-state index in [2.05, 4.69) is 34.4 Å². The Morgan fingerprint density at radius 3 is 2.36 bits per heavy atom. The summed E-state index contributed by atoms with van der Waals surface area (Å²) >= 11 is 0. The fourth-order valence-electron chi connectivity index (χ4n) is 4.38. The molecule has 0 heterocycles. The topological polar surface area (TPSA) is 87.5 Å². The molecule has 2 atom stereocenters. The molecular formula is C27H35N2O6P. The molecule has 9 heteroatoms. The largest absolute Gasteiger partial charge is 0.449 e. The molecule has 36 heavy (non-hydrogen) atoms. The third-order valence-corrected chi connectivity index (χ3v) is 7.40. The number of amides is 1. The summed E-state index contributed by atoms with van der Waals surface area (Å²) in [6, 6.07) is 16.5. The number of ether oxygens (including phenoxy) is 2. The van der Waals surface area contributed by atoms with Gasteiger partial charge in [-0.1, -0.05) is 55.0 Å². The smallest absolute Gasteiger partial charge is 0.407 e. The average molecular weight is 515 g/mol. The van der Waals surface area contributed by atoms with E-state index in [1.807, 2.05) is 24.3 Å². The van der Waals surface area contributed by atoms with E-state index in [-0.39, 0.29) is 31.6 Å². The summed E-state index contributed by atoms with van der Waals surface area (Å²) in [4.78, 5) is 15.5. The van der Waals surface area contributed by atoms with Crippen molar-refractivity contribution >= 4 is 13.7 Å². The van der Waals surface area contributed by atoms with E-state index in [0.717, 1.165) is 19.3 Å². The normalized spacial score (nSPS) is 14.8. The van der Waals surface area contributed by atoms with Crippen LogP contribution in [0.25, 0.3) is 16.0 Å². The van der Waals surface area contributed by atoms with Crippen molar-refractivity contribution in [3.8, 4) is 11.1 Å². The number of benzene rings is 2. The van der Waals surface area contributed by atoms with Crippen molar-refractivity contribution < 1.29 is 27.9 Å². The van der Waals surface area contributed by atoms with Crippen LogP contribution in [-0.2, 0) is 23.1 Å². The SMILES string of the molecule is [C-]#[N+]CCOP(C)(=O)OCC(CCCCNC(=O)OCC1c2ccccc2-c2ccccc21)COC. The summed E-state index contributed by atoms with van der Waals surface area (Å²) in [7, 11) is -1.57. The van der Waals surface area contributed by atoms with Crippen LogP contribution < -0.4 is 5.32 Å². The lowest BCUT2D eigenvalue weighted by Crippen LogP contribution is -2.27. The fourth-order valence-corrected chi connectivity index (χ4v) is 5.35. The fraction of sp³-hybridized carbons (Fsp3) is 0.481. The highest BCUT2D eigenvalue weighted by Crippen LogP contribution is 2.45. The molecule has 2 aromatic carbocycles. The number of hydrogen-bond acceptors (Lipinski definition) is 6. The van der Waals surface area contributed by atoms with E-state index in [4.69, 9.17) is 25.1 Å². The summed E-state index contributed by atoms with van der Waals surface area (Å²) < 4.78 is 33.8. The van der Waals surface area contributed by atoms with E-state index in [1.54, 1.807) is 7.11 Å². The van der Waals surface area contributed by atoms with Gasteiger partial charge in [0, 0.05) is 32.2 Å². The first kappa shape index (κ1) is 27.9. The summed E-state index contributed by atoms with van der Waals surface area (Å²) in [6.07, 6.45) is 1.99. The molecule has 0 saturated carbocycles. The van der Waals surface area contributed by atoms with Gasteiger partial charge in [0.1, 0.15) is 13.2 Å². The van der Waals surface area contributed by atoms with Crippen LogP contribution in [0.1, 0.15) is 36.3 Å². The zero-order chi connectivity index (χ0) is 25.8. The molecule has 0 bridgehead atoms. The molecular weight excluding hydrogens is 479 g/mol. The van der Waals surface area contributed by atoms with Crippen LogP contribution in [0.3, 0.4) is 0 Å². The maximum atomic E-state index is 12.3. The Morgan fingerprint density at radius 1 is 1.06 bits per heavy atom. The van der Waals surface area contributed by atoms with Crippen LogP contribution in [0.2, 0.25) is 0 Å². The number of fused-ring (bicyclic) bond motifs is 3. The number of nitrogens with one attached hydrogen (secondary N) is 1. The number of rotatable bonds is 15. The summed E-state index contributed by atoms with van der Waals surface area (Å²) in [5, 5.41) is 2.83. The molecule has 0 aliphatic heterocycles. The van der Waals surface area contributed by atoms with Gasteiger partial charge in [-0.25, -0.2) is 11.4 Å². The number of carbonyl (C=O) groups is 1. The first-order valence-corrected chi connectivity index (χ1v) is 14.2. The Labute approximate surface area is 213 Å². The van der Waals surface area contributed by atoms with Crippen LogP contribution in [0.15, 0.2) is 48.5 Å². The molecule has 1 aliphatic carbocycles. The maximum Gasteiger partial charge on any atom is 0.407 e. The lowest BCUT2D eigenvalue weighted by Gasteiger charge is -2.19. The Bertz CT molecular complexity index is 1040. The molecule has 3 rings (SSSR count). The summed E-state index contributed by atoms with van der Waals surface area (Å²) in [5.41, 5.74) is 4.77. The predicted octanol–water partition coefficient (Wildman–Crippen LogP) is 5.73. The van der Waals surface area contributed by atoms with E-state index in [0.29, 0.717) is 19.8 Å². The molecule has 1 N–H and O–H groups in total. The second-order valence-corrected chi connectivity index (χ2v) is 10.9. The minimum atomic E-state index is -3.19. The minimum Gasteiger partial charge on any atom is -0.449 e. The van der Waals surface area contributed by atoms with Gasteiger partial charge in [-0.15, -0.1) is 0 Å². The van der Waals surface area contributed by atoms with Crippen LogP contribution in [0, 0.1) is 12.5 Å². The molecule has 0 aromatic heterocycles. The molecule has 1 amide bonds. The molecule has 2 aromatic rings. The number of alkyl carbamates (subject to hydrolysis) is 1. The van der Waals surface area contributed by atoms with Gasteiger partial charge in [0.15, 0.2) is 0 Å². The monoisotopic (exact) mass is 514 g/mol. The van der Waals surface area contributed by atoms with Crippen molar-refractivity contribution in [2.24, 2.45) is 5.92 Å². The third kappa shape index (κ3) is 8.18. The Hall–Kier alpha value is -2.69. The van der Waals surface area contributed by atoms with Crippen molar-refractivity contribution in [3.63, 3.8) is 0 Å². The van der Waals surface area contributed by atoms with Gasteiger partial charge in [0.25, 0.3) is 0 Å². The third-order valence-electron chi connectivity index (χ3n) is 6.13. The predicted molar refractivity (Wildman–Crippen MR) is 139 cm³/mol. The van der Waals surface area contributed by atoms with Crippen molar-refractivity contribution in [3.05, 3.63) is 71.1 Å². The van der Waals surface area contributed by atoms with Crippen molar-refractivity contribution in [1.82, 2.24) is 5.32 Å². The lowest BCUT2D eigenvalue weighted by atomic mass is 9.98. The van der Waals surface area contributed by atoms with Gasteiger partial charge in [-0.05, 0) is 35.1 Å². The standard InChI is InChI=1S/C27H35N2O6P/c1-28-16-17-34-36(3,31)35-19-21(18-32-2)10-8-9-15-29-27(30)33-20-26-24-13-6-4-11-22(24)23-12-5-7-14-25(23)26/h4-7,11-14,21,26H,8-10,15-20H2,2-3H3,(H,29,30). The van der Waals surface area contributed by atoms with Gasteiger partial charge >= 0.3 is 13.7 Å². The maximum absolute atomic E-state index is 12.3. The van der Waals surface area contributed by atoms with Gasteiger partial charge in [-0.2, -0.15) is 0 Å². The van der Waals surface area contributed by atoms with E-state index < -0.39 is 13.7 Å². The molecule has 2 unspecified atom stereocenters. The molecule has 194 valence electrons. The van der Waals surface area contributed by atoms with Crippen molar-refractivity contribution in [1.29, 1.82) is 0 Å². The molecule has 0 saturated heterocycles. The Morgan fingerprint density at radius 2 is 1.72 bits per heavy atom. The van der Waals surface area contributed by atoms with E-state index in [9.17, 15) is 9.36 Å². The van der Waals surface area contributed by atoms with E-state index >= 15 is 0 Å². The number of methoxy groups -OCH3 is 1. The van der Waals surface area contributed by atoms with Gasteiger partial charge in [-0.3, -0.25) is 4.57 Å². The van der Waals surface area contributed by atoms with Crippen molar-refractivity contribution in [2.45, 2.75) is 25.2 Å². The second kappa shape index (κ2) is 14.2. The van der Waals surface area contributed by atoms with Crippen LogP contribution in [-0.4, -0.2) is 59.4 Å². The zero-order valence-corrected chi connectivity index (χ0v) is 21.9. The quantitative estimate of drug-likeness (QED) is 0.185. The van der Waals surface area contributed by atoms with Crippen LogP contribution in [0.5, 0.6) is 0 Å². The first-order chi connectivity index (χ1) is 17.4. The average Bonchev–Trinajstić information content (AvgIpc) is 3.19. The molecule has 0 fully saturated rings. The number of hydrogen-bond donors (Lipinski definition) is 1. The summed E-state index contributed by atoms with van der Waals surface area (Å²) in [5.74, 6) is 0.0973. The minimum absolute atomic E-state index is 0.0397. The van der Waals surface area contributed by atoms with E-state index in [1.165, 1.54) is 28.9 Å². The molecule has 1 aliphatic rings. The van der Waals surface area contributed by atoms with Gasteiger partial charge in [0.2, 0.25) is 6.54 Å². The Kier molecular flexibility index (Phi) is 11.0. The van der Waals surface area contributed by atoms with Crippen LogP contribution >= 0.6 is 7.60 Å². The summed E-state index contributed by atoms with van der Waals surface area (Å²) in [6.45, 7) is 9.93. The van der Waals surface area contributed by atoms with Gasteiger partial charge in [0.05, 0.1) is 13.2 Å². The Balaban J connectivity index is 1.36. The zero-order valence-electron chi connectivity index (χ0n) is 21.0. The number of carbonyl (C=O) groups excluding carboxylic acids is 1. The molecule has 0 spiro atoms. The van der Waals surface area contributed by atoms with Crippen LogP contribution in [0.4, 0.5) is 4.79 Å². The second-order valence-electron chi connectivity index (χ2n) is 8.85. The van der Waals surface area contributed by atoms with Gasteiger partial charge < -0.3 is 28.7 Å². The highest BCUT2D eigenvalue weighted by atomic mass is 31.2. The van der Waals surface area contributed by atoms with Crippen molar-refractivity contribution in [2.75, 3.05) is 53.3 Å². The number of unbranched alkanes of at least 4 members (excludes halogenated alkanes) is 1.